The number of hydrogen-bond acceptors (Lipinski definition) is 5. The van der Waals surface area contributed by atoms with E-state index >= 15 is 0 Å². The normalized spacial score (nSPS) is 14.9. The first-order valence-corrected chi connectivity index (χ1v) is 13.2. The number of carbonyl (C=O) groups excluding carboxylic acids is 3. The Hall–Kier alpha value is -3.88. The number of nitrogens with one attached hydrogen (secondary N) is 3. The molecule has 0 heterocycles. The molecule has 9 heteroatoms. The zero-order valence-electron chi connectivity index (χ0n) is 23.4. The van der Waals surface area contributed by atoms with Gasteiger partial charge in [-0.05, 0) is 40.0 Å². The van der Waals surface area contributed by atoms with Crippen molar-refractivity contribution >= 4 is 23.9 Å². The average molecular weight is 538 g/mol. The van der Waals surface area contributed by atoms with E-state index in [0.717, 1.165) is 22.3 Å². The number of ether oxygens (including phenoxy) is 1. The molecule has 3 amide bonds. The van der Waals surface area contributed by atoms with Gasteiger partial charge in [-0.1, -0.05) is 83.1 Å². The molecule has 3 atom stereocenters. The Kier molecular flexibility index (Phi) is 9.37. The highest BCUT2D eigenvalue weighted by molar-refractivity contribution is 5.93. The van der Waals surface area contributed by atoms with E-state index in [0.29, 0.717) is 0 Å². The predicted octanol–water partition coefficient (Wildman–Crippen LogP) is 3.92. The first-order chi connectivity index (χ1) is 18.3. The third kappa shape index (κ3) is 6.96. The highest BCUT2D eigenvalue weighted by atomic mass is 16.5. The van der Waals surface area contributed by atoms with Crippen LogP contribution in [-0.4, -0.2) is 54.7 Å². The van der Waals surface area contributed by atoms with E-state index in [1.807, 2.05) is 62.4 Å². The van der Waals surface area contributed by atoms with Crippen LogP contribution in [-0.2, 0) is 19.1 Å². The minimum Gasteiger partial charge on any atom is -0.480 e. The van der Waals surface area contributed by atoms with Crippen molar-refractivity contribution in [2.75, 3.05) is 13.7 Å². The zero-order valence-corrected chi connectivity index (χ0v) is 23.4. The van der Waals surface area contributed by atoms with E-state index in [1.165, 1.54) is 7.05 Å². The molecule has 0 saturated carbocycles. The molecule has 0 saturated heterocycles. The number of alkyl carbamates (subject to hydrolysis) is 1. The van der Waals surface area contributed by atoms with Crippen LogP contribution in [0.25, 0.3) is 11.1 Å². The molecule has 0 radical (unpaired) electrons. The monoisotopic (exact) mass is 537 g/mol. The van der Waals surface area contributed by atoms with Gasteiger partial charge in [0.05, 0.1) is 5.92 Å². The highest BCUT2D eigenvalue weighted by Crippen LogP contribution is 2.44. The molecule has 9 nitrogen and oxygen atoms in total. The molecule has 0 aliphatic heterocycles. The van der Waals surface area contributed by atoms with Gasteiger partial charge in [0.2, 0.25) is 11.8 Å². The number of aliphatic carboxylic acids is 1. The summed E-state index contributed by atoms with van der Waals surface area (Å²) in [7, 11) is 1.47. The molecule has 0 unspecified atom stereocenters. The summed E-state index contributed by atoms with van der Waals surface area (Å²) in [6.45, 7) is 9.12. The largest absolute Gasteiger partial charge is 0.480 e. The topological polar surface area (TPSA) is 134 Å². The summed E-state index contributed by atoms with van der Waals surface area (Å²) >= 11 is 0. The maximum Gasteiger partial charge on any atom is 0.407 e. The van der Waals surface area contributed by atoms with Crippen LogP contribution in [0.15, 0.2) is 48.5 Å². The van der Waals surface area contributed by atoms with E-state index in [2.05, 4.69) is 16.0 Å². The number of hydrogen-bond donors (Lipinski definition) is 4. The first kappa shape index (κ1) is 29.7. The van der Waals surface area contributed by atoms with Crippen LogP contribution in [0, 0.1) is 17.3 Å². The van der Waals surface area contributed by atoms with Crippen LogP contribution in [0.5, 0.6) is 0 Å². The summed E-state index contributed by atoms with van der Waals surface area (Å²) in [5.41, 5.74) is 3.57. The summed E-state index contributed by atoms with van der Waals surface area (Å²) in [4.78, 5) is 51.0. The number of carboxylic acid groups (broad SMARTS) is 1. The van der Waals surface area contributed by atoms with Gasteiger partial charge in [0.25, 0.3) is 0 Å². The molecule has 2 aromatic rings. The van der Waals surface area contributed by atoms with Gasteiger partial charge in [-0.25, -0.2) is 9.59 Å². The minimum atomic E-state index is -1.55. The number of fused-ring (bicyclic) bond motifs is 3. The van der Waals surface area contributed by atoms with Crippen LogP contribution < -0.4 is 16.0 Å². The molecule has 210 valence electrons. The lowest BCUT2D eigenvalue weighted by Crippen LogP contribution is -2.58. The Labute approximate surface area is 229 Å². The maximum atomic E-state index is 13.4. The number of rotatable bonds is 10. The summed E-state index contributed by atoms with van der Waals surface area (Å²) in [5, 5.41) is 17.7. The molecule has 39 heavy (non-hydrogen) atoms. The zero-order chi connectivity index (χ0) is 28.9. The van der Waals surface area contributed by atoms with Gasteiger partial charge in [0, 0.05) is 13.0 Å². The van der Waals surface area contributed by atoms with Crippen molar-refractivity contribution < 1.29 is 29.0 Å². The van der Waals surface area contributed by atoms with Gasteiger partial charge in [-0.3, -0.25) is 9.59 Å². The molecule has 0 aromatic heterocycles. The van der Waals surface area contributed by atoms with E-state index in [-0.39, 0.29) is 24.9 Å². The Morgan fingerprint density at radius 3 is 1.90 bits per heavy atom. The fourth-order valence-electron chi connectivity index (χ4n) is 5.07. The SMILES string of the molecule is CNC(=O)[C@@H](NC(=O)[C@H](CC(C)C)[C@H](NC(=O)OCC1c2ccccc2-c2ccccc21)C(=O)O)C(C)(C)C. The third-order valence-corrected chi connectivity index (χ3v) is 7.01. The molecule has 1 aliphatic carbocycles. The highest BCUT2D eigenvalue weighted by Gasteiger charge is 2.40. The van der Waals surface area contributed by atoms with Crippen LogP contribution in [0.3, 0.4) is 0 Å². The molecule has 0 fully saturated rings. The maximum absolute atomic E-state index is 13.4. The number of carboxylic acids is 1. The molecular weight excluding hydrogens is 498 g/mol. The molecule has 2 aromatic carbocycles. The Morgan fingerprint density at radius 2 is 1.44 bits per heavy atom. The standard InChI is InChI=1S/C30H39N3O6/c1-17(2)15-22(26(34)33-25(27(35)31-6)30(3,4)5)24(28(36)37)32-29(38)39-16-23-20-13-9-7-11-18(20)19-12-8-10-14-21(19)23/h7-14,17,22-25H,15-16H2,1-6H3,(H,31,35)(H,32,38)(H,33,34)(H,36,37)/t22-,24+,25-/m1/s1. The fourth-order valence-corrected chi connectivity index (χ4v) is 5.07. The summed E-state index contributed by atoms with van der Waals surface area (Å²) in [6.07, 6.45) is -0.749. The van der Waals surface area contributed by atoms with Gasteiger partial charge < -0.3 is 25.8 Å². The van der Waals surface area contributed by atoms with Crippen molar-refractivity contribution in [2.24, 2.45) is 17.3 Å². The van der Waals surface area contributed by atoms with Gasteiger partial charge in [0.1, 0.15) is 18.7 Å². The lowest BCUT2D eigenvalue weighted by Gasteiger charge is -2.33. The number of amides is 3. The molecule has 1 aliphatic rings. The first-order valence-electron chi connectivity index (χ1n) is 13.2. The average Bonchev–Trinajstić information content (AvgIpc) is 3.20. The molecular formula is C30H39N3O6. The number of likely N-dealkylation sites (N-methyl/N-ethyl adjacent to an activating group) is 1. The van der Waals surface area contributed by atoms with E-state index in [4.69, 9.17) is 4.74 Å². The lowest BCUT2D eigenvalue weighted by molar-refractivity contribution is -0.145. The smallest absolute Gasteiger partial charge is 0.407 e. The molecule has 0 bridgehead atoms. The second-order valence-electron chi connectivity index (χ2n) is 11.4. The van der Waals surface area contributed by atoms with Crippen molar-refractivity contribution in [1.82, 2.24) is 16.0 Å². The van der Waals surface area contributed by atoms with Crippen LogP contribution in [0.2, 0.25) is 0 Å². The van der Waals surface area contributed by atoms with Crippen LogP contribution in [0.4, 0.5) is 4.79 Å². The van der Waals surface area contributed by atoms with E-state index < -0.39 is 47.3 Å². The lowest BCUT2D eigenvalue weighted by atomic mass is 9.84. The molecule has 3 rings (SSSR count). The third-order valence-electron chi connectivity index (χ3n) is 7.01. The Bertz CT molecular complexity index is 1170. The Balaban J connectivity index is 1.77. The van der Waals surface area contributed by atoms with Gasteiger partial charge >= 0.3 is 12.1 Å². The summed E-state index contributed by atoms with van der Waals surface area (Å²) < 4.78 is 5.54. The second kappa shape index (κ2) is 12.3. The van der Waals surface area contributed by atoms with Gasteiger partial charge in [0.15, 0.2) is 0 Å². The van der Waals surface area contributed by atoms with E-state index in [1.54, 1.807) is 20.8 Å². The predicted molar refractivity (Wildman–Crippen MR) is 148 cm³/mol. The van der Waals surface area contributed by atoms with Crippen molar-refractivity contribution in [3.63, 3.8) is 0 Å². The number of benzene rings is 2. The van der Waals surface area contributed by atoms with Gasteiger partial charge in [-0.15, -0.1) is 0 Å². The van der Waals surface area contributed by atoms with Gasteiger partial charge in [-0.2, -0.15) is 0 Å². The quantitative estimate of drug-likeness (QED) is 0.363. The van der Waals surface area contributed by atoms with Crippen molar-refractivity contribution in [3.05, 3.63) is 59.7 Å². The molecule has 4 N–H and O–H groups in total. The van der Waals surface area contributed by atoms with Crippen molar-refractivity contribution in [3.8, 4) is 11.1 Å². The van der Waals surface area contributed by atoms with E-state index in [9.17, 15) is 24.3 Å². The minimum absolute atomic E-state index is 0.00993. The second-order valence-corrected chi connectivity index (χ2v) is 11.4. The summed E-state index contributed by atoms with van der Waals surface area (Å²) in [5.74, 6) is -3.76. The number of carbonyl (C=O) groups is 4. The Morgan fingerprint density at radius 1 is 0.897 bits per heavy atom. The van der Waals surface area contributed by atoms with Crippen LogP contribution >= 0.6 is 0 Å². The van der Waals surface area contributed by atoms with Crippen molar-refractivity contribution in [2.45, 2.75) is 59.0 Å². The summed E-state index contributed by atoms with van der Waals surface area (Å²) in [6, 6.07) is 13.3. The fraction of sp³-hybridized carbons (Fsp3) is 0.467. The van der Waals surface area contributed by atoms with Crippen molar-refractivity contribution in [1.29, 1.82) is 0 Å². The molecule has 0 spiro atoms. The van der Waals surface area contributed by atoms with Crippen LogP contribution in [0.1, 0.15) is 58.1 Å².